The third kappa shape index (κ3) is 3.80. The molecule has 0 heterocycles. The van der Waals surface area contributed by atoms with Crippen LogP contribution in [0.4, 0.5) is 0 Å². The summed E-state index contributed by atoms with van der Waals surface area (Å²) in [4.78, 5) is 11.7. The molecule has 0 bridgehead atoms. The second kappa shape index (κ2) is 5.70. The molecule has 0 aromatic heterocycles. The summed E-state index contributed by atoms with van der Waals surface area (Å²) in [6.07, 6.45) is 5.31. The van der Waals surface area contributed by atoms with E-state index in [1.807, 2.05) is 6.92 Å². The van der Waals surface area contributed by atoms with Crippen LogP contribution in [0.1, 0.15) is 59.8 Å². The minimum absolute atomic E-state index is 0.0363. The summed E-state index contributed by atoms with van der Waals surface area (Å²) in [5.74, 6) is 0.974. The number of esters is 1. The Morgan fingerprint density at radius 2 is 1.75 bits per heavy atom. The predicted octanol–water partition coefficient (Wildman–Crippen LogP) is 3.79. The maximum atomic E-state index is 11.7. The fourth-order valence-electron chi connectivity index (χ4n) is 2.52. The van der Waals surface area contributed by atoms with E-state index in [2.05, 4.69) is 20.8 Å². The Morgan fingerprint density at radius 1 is 1.19 bits per heavy atom. The lowest BCUT2D eigenvalue weighted by Gasteiger charge is -2.36. The predicted molar refractivity (Wildman–Crippen MR) is 66.2 cm³/mol. The van der Waals surface area contributed by atoms with Gasteiger partial charge in [0.1, 0.15) is 0 Å². The Hall–Kier alpha value is -0.530. The molecule has 2 nitrogen and oxygen atoms in total. The molecule has 0 aromatic rings. The molecule has 0 atom stereocenters. The Morgan fingerprint density at radius 3 is 2.19 bits per heavy atom. The van der Waals surface area contributed by atoms with Gasteiger partial charge in [0.05, 0.1) is 12.5 Å². The van der Waals surface area contributed by atoms with E-state index in [1.165, 1.54) is 12.8 Å². The molecule has 1 saturated carbocycles. The van der Waals surface area contributed by atoms with Crippen LogP contribution < -0.4 is 0 Å². The lowest BCUT2D eigenvalue weighted by molar-refractivity contribution is -0.150. The van der Waals surface area contributed by atoms with Crippen LogP contribution in [0.15, 0.2) is 0 Å². The van der Waals surface area contributed by atoms with E-state index in [-0.39, 0.29) is 11.9 Å². The molecule has 0 amide bonds. The zero-order valence-electron chi connectivity index (χ0n) is 11.2. The summed E-state index contributed by atoms with van der Waals surface area (Å²) in [7, 11) is 0. The maximum absolute atomic E-state index is 11.7. The van der Waals surface area contributed by atoms with E-state index in [0.29, 0.717) is 12.0 Å². The van der Waals surface area contributed by atoms with Crippen molar-refractivity contribution in [2.24, 2.45) is 17.3 Å². The van der Waals surface area contributed by atoms with Gasteiger partial charge in [-0.3, -0.25) is 4.79 Å². The minimum atomic E-state index is 0.0363. The van der Waals surface area contributed by atoms with Gasteiger partial charge in [-0.1, -0.05) is 27.7 Å². The summed E-state index contributed by atoms with van der Waals surface area (Å²) in [6.45, 7) is 9.51. The van der Waals surface area contributed by atoms with Crippen LogP contribution in [0.2, 0.25) is 0 Å². The van der Waals surface area contributed by atoms with Crippen molar-refractivity contribution in [1.29, 1.82) is 0 Å². The molecule has 1 aliphatic carbocycles. The minimum Gasteiger partial charge on any atom is -0.465 e. The van der Waals surface area contributed by atoms with Crippen LogP contribution in [0, 0.1) is 17.3 Å². The molecular weight excluding hydrogens is 200 g/mol. The van der Waals surface area contributed by atoms with Crippen LogP contribution >= 0.6 is 0 Å². The molecular formula is C14H26O2. The number of carbonyl (C=O) groups excluding carboxylic acids is 1. The molecule has 0 unspecified atom stereocenters. The van der Waals surface area contributed by atoms with Gasteiger partial charge in [-0.05, 0) is 43.4 Å². The topological polar surface area (TPSA) is 26.3 Å². The van der Waals surface area contributed by atoms with Gasteiger partial charge in [-0.15, -0.1) is 0 Å². The third-order valence-corrected chi connectivity index (χ3v) is 3.73. The van der Waals surface area contributed by atoms with Crippen LogP contribution in [0.25, 0.3) is 0 Å². The molecule has 94 valence electrons. The molecule has 0 aromatic carbocycles. The quantitative estimate of drug-likeness (QED) is 0.684. The Labute approximate surface area is 99.8 Å². The van der Waals surface area contributed by atoms with Gasteiger partial charge in [0.25, 0.3) is 0 Å². The first kappa shape index (κ1) is 13.5. The highest BCUT2D eigenvalue weighted by Crippen LogP contribution is 2.40. The number of carbonyl (C=O) groups is 1. The van der Waals surface area contributed by atoms with E-state index in [4.69, 9.17) is 4.74 Å². The monoisotopic (exact) mass is 226 g/mol. The smallest absolute Gasteiger partial charge is 0.308 e. The van der Waals surface area contributed by atoms with E-state index in [1.54, 1.807) is 0 Å². The molecule has 0 radical (unpaired) electrons. The number of ether oxygens (including phenoxy) is 1. The Kier molecular flexibility index (Phi) is 4.82. The molecule has 1 rings (SSSR count). The van der Waals surface area contributed by atoms with Crippen molar-refractivity contribution in [3.63, 3.8) is 0 Å². The molecule has 1 aliphatic rings. The molecule has 16 heavy (non-hydrogen) atoms. The van der Waals surface area contributed by atoms with Crippen molar-refractivity contribution >= 4 is 5.97 Å². The van der Waals surface area contributed by atoms with Gasteiger partial charge < -0.3 is 4.74 Å². The van der Waals surface area contributed by atoms with E-state index in [9.17, 15) is 4.79 Å². The van der Waals surface area contributed by atoms with E-state index in [0.717, 1.165) is 25.2 Å². The zero-order chi connectivity index (χ0) is 12.2. The number of rotatable bonds is 3. The summed E-state index contributed by atoms with van der Waals surface area (Å²) >= 11 is 0. The third-order valence-electron chi connectivity index (χ3n) is 3.73. The van der Waals surface area contributed by atoms with Crippen LogP contribution in [0.5, 0.6) is 0 Å². The zero-order valence-corrected chi connectivity index (χ0v) is 11.2. The molecule has 0 saturated heterocycles. The first-order valence-corrected chi connectivity index (χ1v) is 6.61. The maximum Gasteiger partial charge on any atom is 0.308 e. The summed E-state index contributed by atoms with van der Waals surface area (Å²) in [5, 5.41) is 0. The standard InChI is InChI=1S/C14H26O2/c1-5-10-16-13(15)11-6-8-12(9-7-11)14(2,3)4/h11-12H,5-10H2,1-4H3. The fraction of sp³-hybridized carbons (Fsp3) is 0.929. The lowest BCUT2D eigenvalue weighted by Crippen LogP contribution is -2.29. The van der Waals surface area contributed by atoms with Crippen molar-refractivity contribution in [1.82, 2.24) is 0 Å². The molecule has 0 aliphatic heterocycles. The molecule has 1 fully saturated rings. The van der Waals surface area contributed by atoms with Crippen LogP contribution in [0.3, 0.4) is 0 Å². The SMILES string of the molecule is CCCOC(=O)C1CCC(C(C)(C)C)CC1. The molecule has 2 heteroatoms. The first-order valence-electron chi connectivity index (χ1n) is 6.61. The first-order chi connectivity index (χ1) is 7.45. The summed E-state index contributed by atoms with van der Waals surface area (Å²) < 4.78 is 5.21. The van der Waals surface area contributed by atoms with Crippen molar-refractivity contribution in [2.75, 3.05) is 6.61 Å². The lowest BCUT2D eigenvalue weighted by atomic mass is 9.70. The van der Waals surface area contributed by atoms with Crippen LogP contribution in [-0.4, -0.2) is 12.6 Å². The van der Waals surface area contributed by atoms with Crippen LogP contribution in [-0.2, 0) is 9.53 Å². The second-order valence-electron chi connectivity index (χ2n) is 6.08. The van der Waals surface area contributed by atoms with Gasteiger partial charge >= 0.3 is 5.97 Å². The highest BCUT2D eigenvalue weighted by molar-refractivity contribution is 5.72. The molecule has 0 spiro atoms. The van der Waals surface area contributed by atoms with Gasteiger partial charge in [0.15, 0.2) is 0 Å². The van der Waals surface area contributed by atoms with Gasteiger partial charge in [0, 0.05) is 0 Å². The van der Waals surface area contributed by atoms with Crippen molar-refractivity contribution in [3.8, 4) is 0 Å². The average Bonchev–Trinajstić information content (AvgIpc) is 2.25. The van der Waals surface area contributed by atoms with Crippen molar-refractivity contribution in [2.45, 2.75) is 59.8 Å². The highest BCUT2D eigenvalue weighted by atomic mass is 16.5. The normalized spacial score (nSPS) is 26.5. The summed E-state index contributed by atoms with van der Waals surface area (Å²) in [6, 6.07) is 0. The Balaban J connectivity index is 2.34. The fourth-order valence-corrected chi connectivity index (χ4v) is 2.52. The average molecular weight is 226 g/mol. The summed E-state index contributed by atoms with van der Waals surface area (Å²) in [5.41, 5.74) is 0.387. The van der Waals surface area contributed by atoms with Gasteiger partial charge in [0.2, 0.25) is 0 Å². The van der Waals surface area contributed by atoms with Crippen molar-refractivity contribution in [3.05, 3.63) is 0 Å². The molecule has 0 N–H and O–H groups in total. The Bertz CT molecular complexity index is 219. The second-order valence-corrected chi connectivity index (χ2v) is 6.08. The number of hydrogen-bond acceptors (Lipinski definition) is 2. The van der Waals surface area contributed by atoms with Gasteiger partial charge in [-0.2, -0.15) is 0 Å². The largest absolute Gasteiger partial charge is 0.465 e. The van der Waals surface area contributed by atoms with E-state index >= 15 is 0 Å². The van der Waals surface area contributed by atoms with Crippen molar-refractivity contribution < 1.29 is 9.53 Å². The number of hydrogen-bond donors (Lipinski definition) is 0. The van der Waals surface area contributed by atoms with E-state index < -0.39 is 0 Å². The highest BCUT2D eigenvalue weighted by Gasteiger charge is 2.32. The van der Waals surface area contributed by atoms with Gasteiger partial charge in [-0.25, -0.2) is 0 Å².